The molecular formula is C9H11N5O. The lowest BCUT2D eigenvalue weighted by Crippen LogP contribution is -2.13. The van der Waals surface area contributed by atoms with E-state index < -0.39 is 0 Å². The van der Waals surface area contributed by atoms with Gasteiger partial charge >= 0.3 is 0 Å². The molecule has 0 bridgehead atoms. The Morgan fingerprint density at radius 2 is 2.53 bits per heavy atom. The minimum Gasteiger partial charge on any atom is -0.352 e. The Labute approximate surface area is 85.7 Å². The molecule has 0 radical (unpaired) electrons. The van der Waals surface area contributed by atoms with Crippen molar-refractivity contribution in [3.63, 3.8) is 0 Å². The van der Waals surface area contributed by atoms with Crippen LogP contribution in [-0.2, 0) is 7.05 Å². The number of nitrogens with zero attached hydrogens (tertiary/aromatic N) is 3. The second kappa shape index (κ2) is 3.56. The number of aryl methyl sites for hydroxylation is 1. The molecule has 0 aliphatic heterocycles. The van der Waals surface area contributed by atoms with Crippen molar-refractivity contribution >= 4 is 17.1 Å². The highest BCUT2D eigenvalue weighted by molar-refractivity contribution is 5.70. The summed E-state index contributed by atoms with van der Waals surface area (Å²) in [7, 11) is 1.79. The summed E-state index contributed by atoms with van der Waals surface area (Å²) in [6.45, 7) is 4.12. The summed E-state index contributed by atoms with van der Waals surface area (Å²) in [5, 5.41) is 2.92. The van der Waals surface area contributed by atoms with Gasteiger partial charge in [0.2, 0.25) is 5.95 Å². The second-order valence-electron chi connectivity index (χ2n) is 3.11. The van der Waals surface area contributed by atoms with Crippen LogP contribution in [0.1, 0.15) is 0 Å². The zero-order chi connectivity index (χ0) is 10.8. The van der Waals surface area contributed by atoms with Crippen molar-refractivity contribution in [3.8, 4) is 0 Å². The van der Waals surface area contributed by atoms with Crippen LogP contribution in [0.4, 0.5) is 5.95 Å². The van der Waals surface area contributed by atoms with Crippen LogP contribution in [0.3, 0.4) is 0 Å². The maximum Gasteiger partial charge on any atom is 0.280 e. The molecule has 0 saturated heterocycles. The van der Waals surface area contributed by atoms with Gasteiger partial charge in [-0.1, -0.05) is 6.08 Å². The molecule has 15 heavy (non-hydrogen) atoms. The number of aromatic amines is 1. The molecule has 2 rings (SSSR count). The van der Waals surface area contributed by atoms with Crippen molar-refractivity contribution in [2.75, 3.05) is 11.9 Å². The van der Waals surface area contributed by atoms with E-state index in [4.69, 9.17) is 0 Å². The Morgan fingerprint density at radius 1 is 1.73 bits per heavy atom. The van der Waals surface area contributed by atoms with Crippen molar-refractivity contribution in [1.29, 1.82) is 0 Å². The van der Waals surface area contributed by atoms with Gasteiger partial charge in [0.15, 0.2) is 11.2 Å². The quantitative estimate of drug-likeness (QED) is 0.704. The van der Waals surface area contributed by atoms with Gasteiger partial charge < -0.3 is 9.88 Å². The molecule has 0 aliphatic carbocycles. The first-order chi connectivity index (χ1) is 7.22. The summed E-state index contributed by atoms with van der Waals surface area (Å²) in [5.74, 6) is 0.427. The third-order valence-electron chi connectivity index (χ3n) is 1.98. The summed E-state index contributed by atoms with van der Waals surface area (Å²) in [4.78, 5) is 22.3. The van der Waals surface area contributed by atoms with E-state index in [2.05, 4.69) is 26.8 Å². The highest BCUT2D eigenvalue weighted by atomic mass is 16.1. The second-order valence-corrected chi connectivity index (χ2v) is 3.11. The molecule has 0 aromatic carbocycles. The third-order valence-corrected chi connectivity index (χ3v) is 1.98. The molecule has 2 heterocycles. The van der Waals surface area contributed by atoms with E-state index in [9.17, 15) is 4.79 Å². The molecule has 2 aromatic rings. The molecule has 6 heteroatoms. The van der Waals surface area contributed by atoms with Crippen LogP contribution in [0, 0.1) is 0 Å². The lowest BCUT2D eigenvalue weighted by Gasteiger charge is -2.01. The molecule has 2 aromatic heterocycles. The molecule has 6 nitrogen and oxygen atoms in total. The molecule has 0 fully saturated rings. The van der Waals surface area contributed by atoms with Crippen LogP contribution >= 0.6 is 0 Å². The summed E-state index contributed by atoms with van der Waals surface area (Å²) >= 11 is 0. The zero-order valence-corrected chi connectivity index (χ0v) is 8.32. The van der Waals surface area contributed by atoms with Crippen LogP contribution in [0.15, 0.2) is 23.8 Å². The molecule has 78 valence electrons. The fourth-order valence-electron chi connectivity index (χ4n) is 1.27. The van der Waals surface area contributed by atoms with Crippen molar-refractivity contribution in [1.82, 2.24) is 19.5 Å². The van der Waals surface area contributed by atoms with Gasteiger partial charge in [0, 0.05) is 13.6 Å². The summed E-state index contributed by atoms with van der Waals surface area (Å²) < 4.78 is 1.70. The maximum atomic E-state index is 11.5. The Balaban J connectivity index is 2.55. The first-order valence-corrected chi connectivity index (χ1v) is 4.48. The predicted octanol–water partition coefficient (Wildman–Crippen LogP) is 0.254. The fraction of sp³-hybridized carbons (Fsp3) is 0.222. The van der Waals surface area contributed by atoms with Crippen molar-refractivity contribution in [2.24, 2.45) is 7.05 Å². The number of fused-ring (bicyclic) bond motifs is 1. The van der Waals surface area contributed by atoms with Gasteiger partial charge in [-0.2, -0.15) is 4.98 Å². The Kier molecular flexibility index (Phi) is 2.24. The minimum atomic E-state index is -0.243. The Bertz CT molecular complexity index is 553. The van der Waals surface area contributed by atoms with Crippen LogP contribution in [-0.4, -0.2) is 26.1 Å². The molecule has 0 saturated carbocycles. The number of imidazole rings is 1. The van der Waals surface area contributed by atoms with Crippen LogP contribution in [0.25, 0.3) is 11.2 Å². The van der Waals surface area contributed by atoms with Gasteiger partial charge in [0.05, 0.1) is 6.33 Å². The molecule has 0 atom stereocenters. The lowest BCUT2D eigenvalue weighted by molar-refractivity contribution is 0.927. The highest BCUT2D eigenvalue weighted by Crippen LogP contribution is 2.05. The minimum absolute atomic E-state index is 0.243. The van der Waals surface area contributed by atoms with Gasteiger partial charge in [-0.25, -0.2) is 4.98 Å². The largest absolute Gasteiger partial charge is 0.352 e. The standard InChI is InChI=1S/C9H11N5O/c1-3-4-10-9-12-7-6(8(15)13-9)11-5-14(7)2/h3,5H,1,4H2,2H3,(H2,10,12,13,15). The van der Waals surface area contributed by atoms with Crippen molar-refractivity contribution in [2.45, 2.75) is 0 Å². The summed E-state index contributed by atoms with van der Waals surface area (Å²) in [6.07, 6.45) is 3.25. The highest BCUT2D eigenvalue weighted by Gasteiger charge is 2.07. The number of hydrogen-bond donors (Lipinski definition) is 2. The zero-order valence-electron chi connectivity index (χ0n) is 8.32. The van der Waals surface area contributed by atoms with Gasteiger partial charge in [0.1, 0.15) is 0 Å². The van der Waals surface area contributed by atoms with E-state index in [1.54, 1.807) is 24.0 Å². The van der Waals surface area contributed by atoms with Gasteiger partial charge in [0.25, 0.3) is 5.56 Å². The average molecular weight is 205 g/mol. The topological polar surface area (TPSA) is 75.6 Å². The van der Waals surface area contributed by atoms with Crippen molar-refractivity contribution < 1.29 is 0 Å². The molecule has 2 N–H and O–H groups in total. The van der Waals surface area contributed by atoms with Gasteiger partial charge in [-0.05, 0) is 0 Å². The number of rotatable bonds is 3. The van der Waals surface area contributed by atoms with Gasteiger partial charge in [-0.3, -0.25) is 9.78 Å². The van der Waals surface area contributed by atoms with Gasteiger partial charge in [-0.15, -0.1) is 6.58 Å². The Hall–Kier alpha value is -2.11. The molecule has 0 amide bonds. The number of H-pyrrole nitrogens is 1. The van der Waals surface area contributed by atoms with E-state index in [0.717, 1.165) is 0 Å². The lowest BCUT2D eigenvalue weighted by atomic mass is 10.5. The number of nitrogens with one attached hydrogen (secondary N) is 2. The maximum absolute atomic E-state index is 11.5. The van der Waals surface area contributed by atoms with E-state index in [1.807, 2.05) is 0 Å². The van der Waals surface area contributed by atoms with E-state index in [0.29, 0.717) is 23.7 Å². The first-order valence-electron chi connectivity index (χ1n) is 4.48. The molecule has 0 aliphatic rings. The van der Waals surface area contributed by atoms with E-state index in [-0.39, 0.29) is 5.56 Å². The fourth-order valence-corrected chi connectivity index (χ4v) is 1.27. The van der Waals surface area contributed by atoms with E-state index in [1.165, 1.54) is 0 Å². The smallest absolute Gasteiger partial charge is 0.280 e. The SMILES string of the molecule is C=CCNc1nc2c(ncn2C)c(=O)[nH]1. The Morgan fingerprint density at radius 3 is 3.27 bits per heavy atom. The van der Waals surface area contributed by atoms with Crippen LogP contribution in [0.5, 0.6) is 0 Å². The van der Waals surface area contributed by atoms with E-state index >= 15 is 0 Å². The third kappa shape index (κ3) is 1.61. The van der Waals surface area contributed by atoms with Crippen LogP contribution in [0.2, 0.25) is 0 Å². The number of aromatic nitrogens is 4. The molecule has 0 unspecified atom stereocenters. The summed E-state index contributed by atoms with van der Waals surface area (Å²) in [6, 6.07) is 0. The van der Waals surface area contributed by atoms with Crippen LogP contribution < -0.4 is 10.9 Å². The number of anilines is 1. The first kappa shape index (κ1) is 9.45. The van der Waals surface area contributed by atoms with Crippen molar-refractivity contribution in [3.05, 3.63) is 29.3 Å². The summed E-state index contributed by atoms with van der Waals surface area (Å²) in [5.41, 5.74) is 0.666. The number of hydrogen-bond acceptors (Lipinski definition) is 4. The molecule has 0 spiro atoms. The average Bonchev–Trinajstić information content (AvgIpc) is 2.58. The normalized spacial score (nSPS) is 10.5. The predicted molar refractivity (Wildman–Crippen MR) is 57.8 cm³/mol. The molecular weight excluding hydrogens is 194 g/mol. The monoisotopic (exact) mass is 205 g/mol.